The van der Waals surface area contributed by atoms with Gasteiger partial charge < -0.3 is 9.84 Å². The molecule has 2 aromatic rings. The van der Waals surface area contributed by atoms with Crippen LogP contribution in [0.4, 0.5) is 0 Å². The zero-order valence-electron chi connectivity index (χ0n) is 11.2. The Bertz CT molecular complexity index is 694. The van der Waals surface area contributed by atoms with Crippen molar-refractivity contribution in [3.8, 4) is 17.6 Å². The number of aryl methyl sites for hydroxylation is 2. The Morgan fingerprint density at radius 3 is 2.35 bits per heavy atom. The quantitative estimate of drug-likeness (QED) is 0.921. The summed E-state index contributed by atoms with van der Waals surface area (Å²) in [7, 11) is 0. The highest BCUT2D eigenvalue weighted by molar-refractivity contribution is 5.88. The lowest BCUT2D eigenvalue weighted by molar-refractivity contribution is 0.0697. The fourth-order valence-corrected chi connectivity index (χ4v) is 1.96. The van der Waals surface area contributed by atoms with Crippen LogP contribution < -0.4 is 4.74 Å². The van der Waals surface area contributed by atoms with Gasteiger partial charge >= 0.3 is 5.97 Å². The topological polar surface area (TPSA) is 70.3 Å². The molecule has 2 rings (SSSR count). The van der Waals surface area contributed by atoms with Crippen molar-refractivity contribution in [1.29, 1.82) is 5.26 Å². The van der Waals surface area contributed by atoms with E-state index < -0.39 is 5.97 Å². The summed E-state index contributed by atoms with van der Waals surface area (Å²) >= 11 is 0. The van der Waals surface area contributed by atoms with Gasteiger partial charge in [0.05, 0.1) is 11.1 Å². The van der Waals surface area contributed by atoms with E-state index in [4.69, 9.17) is 15.1 Å². The first-order valence-corrected chi connectivity index (χ1v) is 6.03. The molecular weight excluding hydrogens is 254 g/mol. The first-order valence-electron chi connectivity index (χ1n) is 6.03. The molecule has 0 amide bonds. The highest BCUT2D eigenvalue weighted by atomic mass is 16.5. The van der Waals surface area contributed by atoms with Crippen molar-refractivity contribution < 1.29 is 14.6 Å². The van der Waals surface area contributed by atoms with E-state index in [1.807, 2.05) is 38.1 Å². The Morgan fingerprint density at radius 2 is 1.80 bits per heavy atom. The summed E-state index contributed by atoms with van der Waals surface area (Å²) < 4.78 is 5.68. The van der Waals surface area contributed by atoms with E-state index in [-0.39, 0.29) is 11.1 Å². The van der Waals surface area contributed by atoms with Gasteiger partial charge in [-0.1, -0.05) is 6.07 Å². The van der Waals surface area contributed by atoms with Crippen LogP contribution >= 0.6 is 0 Å². The van der Waals surface area contributed by atoms with Crippen LogP contribution in [0.15, 0.2) is 36.4 Å². The second-order valence-electron chi connectivity index (χ2n) is 4.55. The monoisotopic (exact) mass is 267 g/mol. The molecule has 0 aliphatic carbocycles. The number of benzene rings is 2. The van der Waals surface area contributed by atoms with Crippen molar-refractivity contribution in [2.45, 2.75) is 13.8 Å². The fourth-order valence-electron chi connectivity index (χ4n) is 1.96. The van der Waals surface area contributed by atoms with Crippen LogP contribution in [-0.2, 0) is 0 Å². The number of ether oxygens (including phenoxy) is 1. The first kappa shape index (κ1) is 13.6. The van der Waals surface area contributed by atoms with Gasteiger partial charge in [0.25, 0.3) is 0 Å². The SMILES string of the molecule is Cc1cc(C)cc(Oc2ccc(C(=O)O)cc2C#N)c1. The average molecular weight is 267 g/mol. The van der Waals surface area contributed by atoms with Crippen LogP contribution in [0, 0.1) is 25.2 Å². The van der Waals surface area contributed by atoms with Gasteiger partial charge in [0, 0.05) is 0 Å². The molecule has 0 unspecified atom stereocenters. The van der Waals surface area contributed by atoms with Gasteiger partial charge in [-0.2, -0.15) is 5.26 Å². The summed E-state index contributed by atoms with van der Waals surface area (Å²) in [6, 6.07) is 11.9. The Kier molecular flexibility index (Phi) is 3.72. The van der Waals surface area contributed by atoms with E-state index in [1.54, 1.807) is 0 Å². The molecule has 0 saturated carbocycles. The van der Waals surface area contributed by atoms with Gasteiger partial charge in [0.1, 0.15) is 17.6 Å². The maximum Gasteiger partial charge on any atom is 0.335 e. The summed E-state index contributed by atoms with van der Waals surface area (Å²) in [5.41, 5.74) is 2.37. The molecule has 100 valence electrons. The highest BCUT2D eigenvalue weighted by Gasteiger charge is 2.10. The van der Waals surface area contributed by atoms with Gasteiger partial charge in [-0.05, 0) is 55.3 Å². The van der Waals surface area contributed by atoms with Crippen molar-refractivity contribution >= 4 is 5.97 Å². The number of carboxylic acid groups (broad SMARTS) is 1. The van der Waals surface area contributed by atoms with Crippen molar-refractivity contribution in [3.63, 3.8) is 0 Å². The Morgan fingerprint density at radius 1 is 1.15 bits per heavy atom. The van der Waals surface area contributed by atoms with E-state index >= 15 is 0 Å². The number of nitrogens with zero attached hydrogens (tertiary/aromatic N) is 1. The fraction of sp³-hybridized carbons (Fsp3) is 0.125. The van der Waals surface area contributed by atoms with E-state index in [0.717, 1.165) is 11.1 Å². The van der Waals surface area contributed by atoms with Crippen molar-refractivity contribution in [2.24, 2.45) is 0 Å². The van der Waals surface area contributed by atoms with E-state index in [9.17, 15) is 4.79 Å². The van der Waals surface area contributed by atoms with Crippen LogP contribution in [0.5, 0.6) is 11.5 Å². The molecule has 0 radical (unpaired) electrons. The molecule has 0 saturated heterocycles. The second-order valence-corrected chi connectivity index (χ2v) is 4.55. The van der Waals surface area contributed by atoms with Gasteiger partial charge in [-0.3, -0.25) is 0 Å². The Labute approximate surface area is 116 Å². The molecule has 0 aliphatic heterocycles. The minimum atomic E-state index is -1.07. The number of nitriles is 1. The number of carboxylic acids is 1. The van der Waals surface area contributed by atoms with Gasteiger partial charge in [-0.25, -0.2) is 4.79 Å². The third-order valence-corrected chi connectivity index (χ3v) is 2.77. The molecule has 2 aromatic carbocycles. The van der Waals surface area contributed by atoms with Crippen molar-refractivity contribution in [3.05, 3.63) is 58.7 Å². The average Bonchev–Trinajstić information content (AvgIpc) is 2.37. The summed E-state index contributed by atoms with van der Waals surface area (Å²) in [6.45, 7) is 3.91. The Balaban J connectivity index is 2.38. The normalized spacial score (nSPS) is 9.85. The maximum absolute atomic E-state index is 10.9. The number of carbonyl (C=O) groups is 1. The largest absolute Gasteiger partial charge is 0.478 e. The van der Waals surface area contributed by atoms with Crippen LogP contribution in [-0.4, -0.2) is 11.1 Å². The van der Waals surface area contributed by atoms with E-state index in [0.29, 0.717) is 11.5 Å². The predicted octanol–water partition coefficient (Wildman–Crippen LogP) is 3.67. The van der Waals surface area contributed by atoms with E-state index in [2.05, 4.69) is 0 Å². The highest BCUT2D eigenvalue weighted by Crippen LogP contribution is 2.27. The minimum absolute atomic E-state index is 0.0642. The molecular formula is C16H13NO3. The summed E-state index contributed by atoms with van der Waals surface area (Å²) in [4.78, 5) is 10.9. The molecule has 1 N–H and O–H groups in total. The van der Waals surface area contributed by atoms with Gasteiger partial charge in [0.15, 0.2) is 0 Å². The molecule has 0 aromatic heterocycles. The van der Waals surface area contributed by atoms with Gasteiger partial charge in [0.2, 0.25) is 0 Å². The molecule has 0 fully saturated rings. The lowest BCUT2D eigenvalue weighted by Gasteiger charge is -2.09. The third kappa shape index (κ3) is 2.96. The van der Waals surface area contributed by atoms with E-state index in [1.165, 1.54) is 18.2 Å². The van der Waals surface area contributed by atoms with Crippen LogP contribution in [0.25, 0.3) is 0 Å². The minimum Gasteiger partial charge on any atom is -0.478 e. The Hall–Kier alpha value is -2.80. The zero-order chi connectivity index (χ0) is 14.7. The second kappa shape index (κ2) is 5.45. The summed E-state index contributed by atoms with van der Waals surface area (Å²) in [6.07, 6.45) is 0. The molecule has 0 bridgehead atoms. The lowest BCUT2D eigenvalue weighted by Crippen LogP contribution is -1.98. The smallest absolute Gasteiger partial charge is 0.335 e. The molecule has 4 nitrogen and oxygen atoms in total. The molecule has 0 heterocycles. The standard InChI is InChI=1S/C16H13NO3/c1-10-5-11(2)7-14(6-10)20-15-4-3-12(16(18)19)8-13(15)9-17/h3-8H,1-2H3,(H,18,19). The summed E-state index contributed by atoms with van der Waals surface area (Å²) in [5, 5.41) is 18.0. The maximum atomic E-state index is 10.9. The van der Waals surface area contributed by atoms with Crippen molar-refractivity contribution in [1.82, 2.24) is 0 Å². The number of rotatable bonds is 3. The first-order chi connectivity index (χ1) is 9.49. The van der Waals surface area contributed by atoms with Crippen LogP contribution in [0.1, 0.15) is 27.0 Å². The summed E-state index contributed by atoms with van der Waals surface area (Å²) in [5.74, 6) is -0.0935. The molecule has 0 spiro atoms. The lowest BCUT2D eigenvalue weighted by atomic mass is 10.1. The van der Waals surface area contributed by atoms with Crippen molar-refractivity contribution in [2.75, 3.05) is 0 Å². The molecule has 4 heteroatoms. The number of aromatic carboxylic acids is 1. The molecule has 0 aliphatic rings. The predicted molar refractivity (Wildman–Crippen MR) is 74.1 cm³/mol. The molecule has 0 atom stereocenters. The zero-order valence-corrected chi connectivity index (χ0v) is 11.2. The van der Waals surface area contributed by atoms with Gasteiger partial charge in [-0.15, -0.1) is 0 Å². The third-order valence-electron chi connectivity index (χ3n) is 2.77. The molecule has 20 heavy (non-hydrogen) atoms. The van der Waals surface area contributed by atoms with Crippen LogP contribution in [0.2, 0.25) is 0 Å². The van der Waals surface area contributed by atoms with Crippen LogP contribution in [0.3, 0.4) is 0 Å². The number of hydrogen-bond donors (Lipinski definition) is 1. The number of hydrogen-bond acceptors (Lipinski definition) is 3.